The first-order valence-corrected chi connectivity index (χ1v) is 5.15. The van der Waals surface area contributed by atoms with Crippen LogP contribution in [0.2, 0.25) is 0 Å². The zero-order valence-corrected chi connectivity index (χ0v) is 8.14. The van der Waals surface area contributed by atoms with Crippen molar-refractivity contribution in [1.29, 1.82) is 0 Å². The number of carbonyl (C=O) groups is 1. The topological polar surface area (TPSA) is 26.3 Å². The fraction of sp³-hybridized carbons (Fsp3) is 0.727. The zero-order valence-electron chi connectivity index (χ0n) is 8.14. The van der Waals surface area contributed by atoms with Gasteiger partial charge in [-0.15, -0.1) is 0 Å². The smallest absolute Gasteiger partial charge is 0.200 e. The van der Waals surface area contributed by atoms with Crippen LogP contribution in [0.1, 0.15) is 39.0 Å². The van der Waals surface area contributed by atoms with Gasteiger partial charge in [0.15, 0.2) is 5.76 Å². The van der Waals surface area contributed by atoms with Crippen molar-refractivity contribution in [2.24, 2.45) is 5.92 Å². The van der Waals surface area contributed by atoms with Crippen molar-refractivity contribution in [3.05, 3.63) is 11.3 Å². The summed E-state index contributed by atoms with van der Waals surface area (Å²) in [6, 6.07) is 0. The number of Topliss-reactive ketones (excluding diaryl/α,β-unsaturated/α-hetero) is 1. The highest BCUT2D eigenvalue weighted by atomic mass is 16.5. The highest BCUT2D eigenvalue weighted by Crippen LogP contribution is 2.32. The second kappa shape index (κ2) is 3.52. The Morgan fingerprint density at radius 1 is 1.38 bits per heavy atom. The molecule has 0 bridgehead atoms. The van der Waals surface area contributed by atoms with E-state index >= 15 is 0 Å². The largest absolute Gasteiger partial charge is 0.489 e. The zero-order chi connectivity index (χ0) is 9.26. The van der Waals surface area contributed by atoms with Gasteiger partial charge < -0.3 is 4.74 Å². The van der Waals surface area contributed by atoms with Crippen molar-refractivity contribution in [2.75, 3.05) is 6.61 Å². The number of carbonyl (C=O) groups excluding carboxylic acids is 1. The molecule has 2 fully saturated rings. The van der Waals surface area contributed by atoms with E-state index in [1.807, 2.05) is 0 Å². The number of rotatable bonds is 0. The molecule has 0 spiro atoms. The van der Waals surface area contributed by atoms with E-state index < -0.39 is 0 Å². The van der Waals surface area contributed by atoms with E-state index in [1.54, 1.807) is 0 Å². The lowest BCUT2D eigenvalue weighted by Gasteiger charge is -2.21. The molecular weight excluding hydrogens is 164 g/mol. The fourth-order valence-corrected chi connectivity index (χ4v) is 2.23. The van der Waals surface area contributed by atoms with Crippen LogP contribution in [0, 0.1) is 5.92 Å². The Kier molecular flexibility index (Phi) is 2.38. The molecule has 1 aliphatic carbocycles. The van der Waals surface area contributed by atoms with E-state index in [2.05, 4.69) is 6.92 Å². The lowest BCUT2D eigenvalue weighted by Crippen LogP contribution is -2.09. The van der Waals surface area contributed by atoms with Gasteiger partial charge in [0.1, 0.15) is 0 Å². The summed E-state index contributed by atoms with van der Waals surface area (Å²) in [4.78, 5) is 11.4. The van der Waals surface area contributed by atoms with Gasteiger partial charge in [-0.2, -0.15) is 0 Å². The molecule has 72 valence electrons. The Morgan fingerprint density at radius 3 is 2.85 bits per heavy atom. The highest BCUT2D eigenvalue weighted by Gasteiger charge is 2.25. The van der Waals surface area contributed by atoms with E-state index in [9.17, 15) is 4.79 Å². The molecule has 0 aromatic rings. The summed E-state index contributed by atoms with van der Waals surface area (Å²) in [6.07, 6.45) is 5.25. The molecule has 0 radical (unpaired) electrons. The second-order valence-electron chi connectivity index (χ2n) is 4.16. The highest BCUT2D eigenvalue weighted by molar-refractivity contribution is 5.95. The van der Waals surface area contributed by atoms with Crippen molar-refractivity contribution in [3.63, 3.8) is 0 Å². The minimum absolute atomic E-state index is 0.226. The molecule has 2 heteroatoms. The van der Waals surface area contributed by atoms with Gasteiger partial charge >= 0.3 is 0 Å². The molecule has 1 saturated heterocycles. The fourth-order valence-electron chi connectivity index (χ4n) is 2.23. The lowest BCUT2D eigenvalue weighted by atomic mass is 9.86. The lowest BCUT2D eigenvalue weighted by molar-refractivity contribution is -0.115. The van der Waals surface area contributed by atoms with E-state index in [0.29, 0.717) is 18.8 Å². The molecule has 2 aliphatic rings. The van der Waals surface area contributed by atoms with Crippen molar-refractivity contribution in [3.8, 4) is 0 Å². The number of ketones is 1. The Balaban J connectivity index is 2.16. The quantitative estimate of drug-likeness (QED) is 0.535. The van der Waals surface area contributed by atoms with Crippen molar-refractivity contribution >= 4 is 5.78 Å². The summed E-state index contributed by atoms with van der Waals surface area (Å²) in [5.74, 6) is 1.67. The Morgan fingerprint density at radius 2 is 2.23 bits per heavy atom. The standard InChI is InChI=1S/C11H16O2/c1-8-3-2-4-9(7-8)11-10(12)5-6-13-11/h8H,2-7H2,1H3/b11-9+. The molecule has 2 nitrogen and oxygen atoms in total. The maximum atomic E-state index is 11.4. The first-order valence-electron chi connectivity index (χ1n) is 5.15. The second-order valence-corrected chi connectivity index (χ2v) is 4.16. The first-order chi connectivity index (χ1) is 6.27. The molecule has 13 heavy (non-hydrogen) atoms. The molecule has 1 atom stereocenters. The van der Waals surface area contributed by atoms with Crippen LogP contribution in [0.4, 0.5) is 0 Å². The molecule has 0 aromatic heterocycles. The molecule has 0 N–H and O–H groups in total. The monoisotopic (exact) mass is 180 g/mol. The van der Waals surface area contributed by atoms with Crippen LogP contribution in [-0.2, 0) is 9.53 Å². The molecule has 1 heterocycles. The van der Waals surface area contributed by atoms with Gasteiger partial charge in [0.05, 0.1) is 6.61 Å². The average molecular weight is 180 g/mol. The molecule has 1 saturated carbocycles. The van der Waals surface area contributed by atoms with Gasteiger partial charge in [-0.05, 0) is 30.8 Å². The SMILES string of the molecule is CC1CCC/C(=C2\OCCC2=O)C1. The summed E-state index contributed by atoms with van der Waals surface area (Å²) >= 11 is 0. The van der Waals surface area contributed by atoms with Crippen LogP contribution in [0.15, 0.2) is 11.3 Å². The third-order valence-corrected chi connectivity index (χ3v) is 2.92. The molecule has 0 amide bonds. The van der Waals surface area contributed by atoms with Gasteiger partial charge in [-0.3, -0.25) is 4.79 Å². The predicted octanol–water partition coefficient (Wildman–Crippen LogP) is 2.44. The van der Waals surface area contributed by atoms with Crippen LogP contribution in [0.5, 0.6) is 0 Å². The van der Waals surface area contributed by atoms with Crippen LogP contribution in [0.25, 0.3) is 0 Å². The minimum Gasteiger partial charge on any atom is -0.489 e. The first kappa shape index (κ1) is 8.79. The van der Waals surface area contributed by atoms with Crippen LogP contribution >= 0.6 is 0 Å². The number of allylic oxidation sites excluding steroid dienone is 2. The van der Waals surface area contributed by atoms with Crippen molar-refractivity contribution in [1.82, 2.24) is 0 Å². The van der Waals surface area contributed by atoms with Crippen LogP contribution in [-0.4, -0.2) is 12.4 Å². The Hall–Kier alpha value is -0.790. The number of hydrogen-bond acceptors (Lipinski definition) is 2. The molecule has 1 unspecified atom stereocenters. The van der Waals surface area contributed by atoms with Crippen LogP contribution < -0.4 is 0 Å². The third-order valence-electron chi connectivity index (χ3n) is 2.92. The summed E-state index contributed by atoms with van der Waals surface area (Å²) in [5.41, 5.74) is 1.28. The number of hydrogen-bond donors (Lipinski definition) is 0. The molecule has 1 aliphatic heterocycles. The molecule has 0 aromatic carbocycles. The predicted molar refractivity (Wildman–Crippen MR) is 50.2 cm³/mol. The van der Waals surface area contributed by atoms with E-state index in [0.717, 1.165) is 18.8 Å². The minimum atomic E-state index is 0.226. The Bertz CT molecular complexity index is 253. The Labute approximate surface area is 79.0 Å². The van der Waals surface area contributed by atoms with Gasteiger partial charge in [0.25, 0.3) is 0 Å². The summed E-state index contributed by atoms with van der Waals surface area (Å²) in [7, 11) is 0. The van der Waals surface area contributed by atoms with E-state index in [4.69, 9.17) is 4.74 Å². The van der Waals surface area contributed by atoms with Gasteiger partial charge in [0.2, 0.25) is 5.78 Å². The van der Waals surface area contributed by atoms with Gasteiger partial charge in [-0.25, -0.2) is 0 Å². The maximum absolute atomic E-state index is 11.4. The van der Waals surface area contributed by atoms with Crippen molar-refractivity contribution < 1.29 is 9.53 Å². The van der Waals surface area contributed by atoms with Crippen molar-refractivity contribution in [2.45, 2.75) is 39.0 Å². The third kappa shape index (κ3) is 1.77. The van der Waals surface area contributed by atoms with Gasteiger partial charge in [0, 0.05) is 6.42 Å². The summed E-state index contributed by atoms with van der Waals surface area (Å²) in [6.45, 7) is 2.85. The molecular formula is C11H16O2. The number of ether oxygens (including phenoxy) is 1. The summed E-state index contributed by atoms with van der Waals surface area (Å²) in [5, 5.41) is 0. The van der Waals surface area contributed by atoms with Gasteiger partial charge in [-0.1, -0.05) is 13.3 Å². The van der Waals surface area contributed by atoms with E-state index in [-0.39, 0.29) is 5.78 Å². The summed E-state index contributed by atoms with van der Waals surface area (Å²) < 4.78 is 5.38. The molecule has 2 rings (SSSR count). The maximum Gasteiger partial charge on any atom is 0.200 e. The van der Waals surface area contributed by atoms with E-state index in [1.165, 1.54) is 18.4 Å². The average Bonchev–Trinajstić information content (AvgIpc) is 2.51. The van der Waals surface area contributed by atoms with Crippen LogP contribution in [0.3, 0.4) is 0 Å². The normalized spacial score (nSPS) is 34.8.